The fraction of sp³-hybridized carbons (Fsp3) is 0.347. The van der Waals surface area contributed by atoms with Gasteiger partial charge in [-0.3, -0.25) is 58.3 Å². The Labute approximate surface area is 731 Å². The highest BCUT2D eigenvalue weighted by molar-refractivity contribution is 9.10. The number of hydrogen-bond acceptors (Lipinski definition) is 14. The van der Waals surface area contributed by atoms with E-state index < -0.39 is 5.91 Å². The van der Waals surface area contributed by atoms with Crippen LogP contribution in [0.4, 0.5) is 11.4 Å². The van der Waals surface area contributed by atoms with Crippen molar-refractivity contribution in [1.82, 2.24) is 47.8 Å². The monoisotopic (exact) mass is 1740 g/mol. The Morgan fingerprint density at radius 1 is 0.500 bits per heavy atom. The lowest BCUT2D eigenvalue weighted by molar-refractivity contribution is -0.120. The second-order valence-electron chi connectivity index (χ2n) is 31.9. The summed E-state index contributed by atoms with van der Waals surface area (Å²) in [5.74, 6) is 1.35. The molecule has 1 amide bonds. The minimum Gasteiger partial charge on any atom is -0.497 e. The molecule has 2 N–H and O–H groups in total. The number of ether oxygens (including phenoxy) is 2. The maximum Gasteiger partial charge on any atom is 0.255 e. The summed E-state index contributed by atoms with van der Waals surface area (Å²) in [6.07, 6.45) is 22.2. The number of aromatic nitrogens is 6. The predicted octanol–water partition coefficient (Wildman–Crippen LogP) is 21.0. The summed E-state index contributed by atoms with van der Waals surface area (Å²) in [4.78, 5) is 102. The summed E-state index contributed by atoms with van der Waals surface area (Å²) >= 11 is 15.7. The SMILES string of the molecule is COc1ccc2c(C(=O)CN3CCCCC3)c(C)n(-c3ccc(Cl)cc3)c2c1.Cc1c(C(=O)CN2CCCCC2)c2ccc(OCC(N)=O)cc2n1-c1ccc(Cl)cc1.[C-]#[N+]c1ccc(-n2c(C)c(C(=O)CN3CCCCC3)c3ncc(/C=C/C(=O)CCCC)cc32)cc1.[C-]#[N+]c1ccc(-n2c(C)c(C(=O)CN3CCC[C@H]3C)c3ncc(Br)cc32)cc1. The van der Waals surface area contributed by atoms with Crippen molar-refractivity contribution in [3.63, 3.8) is 0 Å². The second kappa shape index (κ2) is 41.1. The quantitative estimate of drug-likeness (QED) is 0.0320. The number of Topliss-reactive ketones (excluding diaryl/α,β-unsaturated/α-hetero) is 4. The Kier molecular flexibility index (Phi) is 29.9. The molecule has 10 heterocycles. The van der Waals surface area contributed by atoms with E-state index >= 15 is 0 Å². The van der Waals surface area contributed by atoms with Gasteiger partial charge in [-0.25, -0.2) is 9.69 Å². The Hall–Kier alpha value is -11.2. The number of nitrogens with two attached hydrogens (primary N) is 1. The normalized spacial score (nSPS) is 15.3. The molecule has 0 bridgehead atoms. The van der Waals surface area contributed by atoms with Gasteiger partial charge in [0.15, 0.2) is 46.9 Å². The number of ketones is 5. The number of nitrogens with zero attached hydrogens (tertiary/aromatic N) is 12. The first-order valence-corrected chi connectivity index (χ1v) is 43.7. The van der Waals surface area contributed by atoms with E-state index in [1.54, 1.807) is 62.0 Å². The summed E-state index contributed by atoms with van der Waals surface area (Å²) in [7, 11) is 1.66. The average molecular weight is 1740 g/mol. The van der Waals surface area contributed by atoms with Gasteiger partial charge in [0.2, 0.25) is 0 Å². The van der Waals surface area contributed by atoms with Crippen LogP contribution in [0.5, 0.6) is 11.5 Å². The summed E-state index contributed by atoms with van der Waals surface area (Å²) < 4.78 is 20.1. The first-order chi connectivity index (χ1) is 59.0. The van der Waals surface area contributed by atoms with E-state index in [1.165, 1.54) is 32.1 Å². The predicted molar refractivity (Wildman–Crippen MR) is 491 cm³/mol. The molecule has 6 aromatic carbocycles. The molecule has 16 rings (SSSR count). The van der Waals surface area contributed by atoms with Gasteiger partial charge in [0.25, 0.3) is 5.91 Å². The number of carbonyl (C=O) groups is 6. The number of piperidine rings is 3. The highest BCUT2D eigenvalue weighted by atomic mass is 79.9. The Balaban J connectivity index is 0.000000141. The van der Waals surface area contributed by atoms with Gasteiger partial charge in [0, 0.05) is 119 Å². The van der Waals surface area contributed by atoms with E-state index in [0.717, 1.165) is 208 Å². The van der Waals surface area contributed by atoms with Crippen molar-refractivity contribution in [2.24, 2.45) is 5.73 Å². The van der Waals surface area contributed by atoms with Crippen LogP contribution in [-0.2, 0) is 9.59 Å². The first-order valence-electron chi connectivity index (χ1n) is 42.2. The molecule has 0 spiro atoms. The lowest BCUT2D eigenvalue weighted by Gasteiger charge is -2.25. The van der Waals surface area contributed by atoms with Crippen molar-refractivity contribution in [2.45, 2.75) is 137 Å². The van der Waals surface area contributed by atoms with Crippen molar-refractivity contribution in [2.75, 3.05) is 85.7 Å². The number of methoxy groups -OCH3 is 1. The molecule has 4 fully saturated rings. The number of primary amides is 1. The standard InChI is InChI=1S/C29H32N4O2.C24H26ClN3O3.C23H25ClN2O2.C22H21BrN4O/c1-4-5-9-25(34)15-10-22-18-26-29(31-19-22)28(27(35)20-32-16-7-6-8-17-32)21(2)33(26)24-13-11-23(30-3)12-14-24;1-16-24(22(29)14-27-11-3-2-4-12-27)20-10-9-19(31-15-23(26)30)13-21(20)28(16)18-7-5-17(25)6-8-18;1-16-23(22(27)15-25-12-4-3-5-13-25)20-11-10-19(28-2)14-21(20)26(16)18-8-6-17(24)7-9-18;1-14-5-4-10-26(14)13-20(28)21-15(2)27(18-8-6-17(24-3)7-9-18)19-11-16(23)12-25-22(19)21/h10-15,18-19H,4-9,16-17,20H2,1-2H3;5-10,13H,2-4,11-12,14-15H2,1H3,(H2,26,30);6-11,14H,3-5,12-13,15H2,1-2H3;6-9,11-12,14H,4-5,10,13H2,1-2H3/b15-10+;;;/t;;;14-/m...1/s1. The van der Waals surface area contributed by atoms with Crippen LogP contribution in [0.25, 0.3) is 82.4 Å². The minimum atomic E-state index is -0.540. The fourth-order valence-electron chi connectivity index (χ4n) is 17.4. The maximum absolute atomic E-state index is 13.5. The zero-order chi connectivity index (χ0) is 86.3. The molecule has 4 aliphatic heterocycles. The molecular weight excluding hydrogens is 1640 g/mol. The molecule has 0 unspecified atom stereocenters. The van der Waals surface area contributed by atoms with Crippen LogP contribution in [0.1, 0.15) is 174 Å². The maximum atomic E-state index is 13.5. The molecule has 0 saturated carbocycles. The number of unbranched alkanes of at least 4 members (excludes halogenated alkanes) is 1. The Bertz CT molecular complexity index is 5950. The average Bonchev–Trinajstić information content (AvgIpc) is 1.62. The number of benzene rings is 6. The van der Waals surface area contributed by atoms with Crippen LogP contribution < -0.4 is 15.2 Å². The molecule has 1 atom stereocenters. The second-order valence-corrected chi connectivity index (χ2v) is 33.7. The van der Waals surface area contributed by atoms with Crippen molar-refractivity contribution >= 4 is 135 Å². The molecule has 0 aliphatic carbocycles. The van der Waals surface area contributed by atoms with E-state index in [9.17, 15) is 28.8 Å². The van der Waals surface area contributed by atoms with Crippen LogP contribution in [0.3, 0.4) is 0 Å². The number of amides is 1. The van der Waals surface area contributed by atoms with Crippen LogP contribution >= 0.6 is 39.1 Å². The van der Waals surface area contributed by atoms with Crippen LogP contribution in [0, 0.1) is 40.8 Å². The van der Waals surface area contributed by atoms with E-state index in [4.69, 9.17) is 56.5 Å². The zero-order valence-electron chi connectivity index (χ0n) is 70.5. The smallest absolute Gasteiger partial charge is 0.255 e. The van der Waals surface area contributed by atoms with Gasteiger partial charge >= 0.3 is 0 Å². The summed E-state index contributed by atoms with van der Waals surface area (Å²) in [5.41, 5.74) is 22.2. The number of likely N-dealkylation sites (tertiary alicyclic amines) is 4. The third-order valence-corrected chi connectivity index (χ3v) is 24.5. The number of hydrogen-bond donors (Lipinski definition) is 1. The minimum absolute atomic E-state index is 0.0801. The van der Waals surface area contributed by atoms with Crippen molar-refractivity contribution in [3.8, 4) is 34.2 Å². The molecule has 630 valence electrons. The molecule has 6 aromatic heterocycles. The first kappa shape index (κ1) is 88.6. The lowest BCUT2D eigenvalue weighted by Crippen LogP contribution is -2.34. The highest BCUT2D eigenvalue weighted by Crippen LogP contribution is 2.38. The van der Waals surface area contributed by atoms with Crippen molar-refractivity contribution < 1.29 is 38.2 Å². The summed E-state index contributed by atoms with van der Waals surface area (Å²) in [5, 5.41) is 3.16. The zero-order valence-corrected chi connectivity index (χ0v) is 73.6. The van der Waals surface area contributed by atoms with Gasteiger partial charge in [0.05, 0.1) is 90.7 Å². The highest BCUT2D eigenvalue weighted by Gasteiger charge is 2.31. The molecule has 4 saturated heterocycles. The number of carbonyl (C=O) groups excluding carboxylic acids is 6. The lowest BCUT2D eigenvalue weighted by atomic mass is 10.0. The third kappa shape index (κ3) is 20.8. The molecule has 24 heteroatoms. The number of allylic oxidation sites excluding steroid dienone is 1. The topological polar surface area (TPSA) is 214 Å². The third-order valence-electron chi connectivity index (χ3n) is 23.5. The number of pyridine rings is 2. The summed E-state index contributed by atoms with van der Waals surface area (Å²) in [6.45, 7) is 34.9. The van der Waals surface area contributed by atoms with Crippen molar-refractivity contribution in [3.05, 3.63) is 252 Å². The van der Waals surface area contributed by atoms with Crippen molar-refractivity contribution in [1.29, 1.82) is 0 Å². The molecule has 12 aromatic rings. The van der Waals surface area contributed by atoms with Crippen LogP contribution in [-0.4, -0.2) is 174 Å². The van der Waals surface area contributed by atoms with E-state index in [2.05, 4.69) is 73.2 Å². The largest absolute Gasteiger partial charge is 0.497 e. The van der Waals surface area contributed by atoms with E-state index in [-0.39, 0.29) is 35.5 Å². The molecule has 0 radical (unpaired) electrons. The molecule has 4 aliphatic rings. The van der Waals surface area contributed by atoms with Gasteiger partial charge in [-0.2, -0.15) is 0 Å². The Morgan fingerprint density at radius 3 is 1.33 bits per heavy atom. The molecule has 122 heavy (non-hydrogen) atoms. The van der Waals surface area contributed by atoms with Crippen LogP contribution in [0.2, 0.25) is 10.0 Å². The van der Waals surface area contributed by atoms with Gasteiger partial charge in [-0.05, 0) is 281 Å². The Morgan fingerprint density at radius 2 is 0.902 bits per heavy atom. The fourth-order valence-corrected chi connectivity index (χ4v) is 17.9. The van der Waals surface area contributed by atoms with Gasteiger partial charge in [-0.1, -0.05) is 80.1 Å². The number of fused-ring (bicyclic) bond motifs is 4. The van der Waals surface area contributed by atoms with Gasteiger partial charge in [0.1, 0.15) is 11.5 Å². The van der Waals surface area contributed by atoms with E-state index in [1.807, 2.05) is 152 Å². The number of rotatable bonds is 25. The number of halogens is 3. The van der Waals surface area contributed by atoms with Gasteiger partial charge in [-0.15, -0.1) is 0 Å². The summed E-state index contributed by atoms with van der Waals surface area (Å²) in [6, 6.07) is 45.8. The van der Waals surface area contributed by atoms with Crippen LogP contribution in [0.15, 0.2) is 169 Å². The molecular formula is C98H104BrCl2N13O8. The molecule has 21 nitrogen and oxygen atoms in total. The van der Waals surface area contributed by atoms with Gasteiger partial charge < -0.3 is 33.5 Å². The van der Waals surface area contributed by atoms with E-state index in [0.29, 0.717) is 82.5 Å².